The molecule has 3 nitrogen and oxygen atoms in total. The van der Waals surface area contributed by atoms with Gasteiger partial charge in [0.2, 0.25) is 0 Å². The quantitative estimate of drug-likeness (QED) is 0.594. The van der Waals surface area contributed by atoms with Gasteiger partial charge in [-0.25, -0.2) is 0 Å². The van der Waals surface area contributed by atoms with Crippen LogP contribution in [0.2, 0.25) is 0 Å². The fourth-order valence-electron chi connectivity index (χ4n) is 2.97. The van der Waals surface area contributed by atoms with Gasteiger partial charge in [-0.15, -0.1) is 0 Å². The van der Waals surface area contributed by atoms with Gasteiger partial charge >= 0.3 is 6.18 Å². The highest BCUT2D eigenvalue weighted by Crippen LogP contribution is 2.31. The summed E-state index contributed by atoms with van der Waals surface area (Å²) in [5, 5.41) is 14.4. The Hall–Kier alpha value is -3.28. The van der Waals surface area contributed by atoms with Crippen LogP contribution in [0.3, 0.4) is 0 Å². The number of hydrogen-bond acceptors (Lipinski definition) is 3. The summed E-state index contributed by atoms with van der Waals surface area (Å²) in [5.41, 5.74) is 0.684. The number of aromatic hydroxyl groups is 1. The van der Waals surface area contributed by atoms with E-state index in [0.29, 0.717) is 5.39 Å². The minimum atomic E-state index is -5.00. The highest BCUT2D eigenvalue weighted by molar-refractivity contribution is 6.01. The lowest BCUT2D eigenvalue weighted by Gasteiger charge is -2.14. The molecule has 0 spiro atoms. The minimum Gasteiger partial charge on any atom is -0.508 e. The molecular weight excluding hydrogens is 367 g/mol. The van der Waals surface area contributed by atoms with Crippen molar-refractivity contribution in [2.24, 2.45) is 0 Å². The number of Topliss-reactive ketones (excluding diaryl/α,β-unsaturated/α-hetero) is 1. The van der Waals surface area contributed by atoms with Crippen molar-refractivity contribution in [3.8, 4) is 5.75 Å². The van der Waals surface area contributed by atoms with Crippen LogP contribution in [-0.2, 0) is 17.8 Å². The molecule has 2 N–H and O–H groups in total. The van der Waals surface area contributed by atoms with Gasteiger partial charge in [-0.05, 0) is 22.4 Å². The van der Waals surface area contributed by atoms with Gasteiger partial charge in [-0.3, -0.25) is 4.79 Å². The third-order valence-corrected chi connectivity index (χ3v) is 4.36. The van der Waals surface area contributed by atoms with Gasteiger partial charge in [0.15, 0.2) is 0 Å². The van der Waals surface area contributed by atoms with Crippen molar-refractivity contribution in [2.75, 3.05) is 0 Å². The van der Waals surface area contributed by atoms with Gasteiger partial charge in [0.25, 0.3) is 5.78 Å². The lowest BCUT2D eigenvalue weighted by atomic mass is 9.96. The van der Waals surface area contributed by atoms with Gasteiger partial charge in [0, 0.05) is 30.3 Å². The normalized spacial score (nSPS) is 12.2. The number of ketones is 1. The van der Waals surface area contributed by atoms with E-state index >= 15 is 0 Å². The minimum absolute atomic E-state index is 0.150. The number of nitrogens with one attached hydrogen (secondary N) is 1. The average molecular weight is 385 g/mol. The first kappa shape index (κ1) is 19.5. The molecule has 0 amide bonds. The van der Waals surface area contributed by atoms with Gasteiger partial charge in [0.05, 0.1) is 0 Å². The van der Waals surface area contributed by atoms with Crippen molar-refractivity contribution in [1.82, 2.24) is 5.32 Å². The summed E-state index contributed by atoms with van der Waals surface area (Å²) in [6.45, 7) is 0.275. The molecule has 3 rings (SSSR count). The molecular formula is C22H18F3NO2. The largest absolute Gasteiger partial charge is 0.508 e. The molecule has 0 heterocycles. The highest BCUT2D eigenvalue weighted by atomic mass is 19.4. The van der Waals surface area contributed by atoms with Crippen molar-refractivity contribution in [3.63, 3.8) is 0 Å². The summed E-state index contributed by atoms with van der Waals surface area (Å²) in [5.74, 6) is -2.08. The van der Waals surface area contributed by atoms with E-state index in [-0.39, 0.29) is 24.3 Å². The topological polar surface area (TPSA) is 49.3 Å². The second kappa shape index (κ2) is 8.17. The number of benzene rings is 3. The Kier molecular flexibility index (Phi) is 5.68. The summed E-state index contributed by atoms with van der Waals surface area (Å²) < 4.78 is 39.3. The van der Waals surface area contributed by atoms with E-state index in [2.05, 4.69) is 5.32 Å². The van der Waals surface area contributed by atoms with E-state index in [1.807, 2.05) is 30.3 Å². The molecule has 0 atom stereocenters. The van der Waals surface area contributed by atoms with Gasteiger partial charge in [-0.1, -0.05) is 60.7 Å². The predicted molar refractivity (Wildman–Crippen MR) is 102 cm³/mol. The van der Waals surface area contributed by atoms with Crippen LogP contribution < -0.4 is 5.32 Å². The Morgan fingerprint density at radius 2 is 1.64 bits per heavy atom. The molecule has 0 fully saturated rings. The number of phenols is 1. The van der Waals surface area contributed by atoms with Crippen LogP contribution in [0.4, 0.5) is 13.2 Å². The summed E-state index contributed by atoms with van der Waals surface area (Å²) in [6.07, 6.45) is -4.25. The number of carbonyl (C=O) groups excluding carboxylic acids is 1. The number of halogens is 3. The van der Waals surface area contributed by atoms with Crippen molar-refractivity contribution in [2.45, 2.75) is 19.1 Å². The van der Waals surface area contributed by atoms with Gasteiger partial charge < -0.3 is 10.4 Å². The van der Waals surface area contributed by atoms with Crippen molar-refractivity contribution in [1.29, 1.82) is 0 Å². The zero-order chi connectivity index (χ0) is 20.1. The van der Waals surface area contributed by atoms with Crippen LogP contribution in [0, 0.1) is 0 Å². The zero-order valence-corrected chi connectivity index (χ0v) is 14.8. The zero-order valence-electron chi connectivity index (χ0n) is 14.8. The SMILES string of the molecule is O=C(/C(=C/NCc1ccccc1)Cc1c(O)ccc2ccccc12)C(F)(F)F. The van der Waals surface area contributed by atoms with E-state index in [4.69, 9.17) is 0 Å². The highest BCUT2D eigenvalue weighted by Gasteiger charge is 2.40. The molecule has 0 unspecified atom stereocenters. The third kappa shape index (κ3) is 4.52. The number of allylic oxidation sites excluding steroid dienone is 1. The molecule has 0 aromatic heterocycles. The first-order valence-electron chi connectivity index (χ1n) is 8.63. The second-order valence-corrected chi connectivity index (χ2v) is 6.32. The Labute approximate surface area is 160 Å². The van der Waals surface area contributed by atoms with Crippen LogP contribution >= 0.6 is 0 Å². The van der Waals surface area contributed by atoms with E-state index < -0.39 is 17.5 Å². The number of carbonyl (C=O) groups is 1. The van der Waals surface area contributed by atoms with Crippen molar-refractivity contribution >= 4 is 16.6 Å². The molecule has 0 bridgehead atoms. The average Bonchev–Trinajstić information content (AvgIpc) is 2.68. The molecule has 28 heavy (non-hydrogen) atoms. The molecule has 6 heteroatoms. The van der Waals surface area contributed by atoms with E-state index in [9.17, 15) is 23.1 Å². The van der Waals surface area contributed by atoms with Gasteiger partial charge in [-0.2, -0.15) is 13.2 Å². The second-order valence-electron chi connectivity index (χ2n) is 6.32. The van der Waals surface area contributed by atoms with Crippen LogP contribution in [0.1, 0.15) is 11.1 Å². The number of phenolic OH excluding ortho intramolecular Hbond substituents is 1. The standard InChI is InChI=1S/C22H18F3NO2/c23-22(24,25)21(28)17(14-26-13-15-6-2-1-3-7-15)12-19-18-9-5-4-8-16(18)10-11-20(19)27/h1-11,14,26-27H,12-13H2/b17-14+. The summed E-state index contributed by atoms with van der Waals surface area (Å²) >= 11 is 0. The molecule has 0 radical (unpaired) electrons. The molecule has 0 aliphatic rings. The summed E-state index contributed by atoms with van der Waals surface area (Å²) in [6, 6.07) is 19.2. The lowest BCUT2D eigenvalue weighted by Crippen LogP contribution is -2.27. The Bertz CT molecular complexity index is 1010. The molecule has 3 aromatic rings. The Morgan fingerprint density at radius 1 is 0.964 bits per heavy atom. The molecule has 0 aliphatic heterocycles. The molecule has 0 saturated heterocycles. The van der Waals surface area contributed by atoms with E-state index in [1.54, 1.807) is 30.3 Å². The maximum absolute atomic E-state index is 13.1. The summed E-state index contributed by atoms with van der Waals surface area (Å²) in [7, 11) is 0. The monoisotopic (exact) mass is 385 g/mol. The first-order valence-corrected chi connectivity index (χ1v) is 8.63. The number of rotatable bonds is 6. The third-order valence-electron chi connectivity index (χ3n) is 4.36. The van der Waals surface area contributed by atoms with E-state index in [0.717, 1.165) is 17.1 Å². The Balaban J connectivity index is 1.93. The van der Waals surface area contributed by atoms with Crippen LogP contribution in [0.5, 0.6) is 5.75 Å². The first-order chi connectivity index (χ1) is 13.4. The van der Waals surface area contributed by atoms with Crippen LogP contribution in [-0.4, -0.2) is 17.1 Å². The van der Waals surface area contributed by atoms with Crippen molar-refractivity contribution < 1.29 is 23.1 Å². The van der Waals surface area contributed by atoms with Crippen LogP contribution in [0.15, 0.2) is 78.5 Å². The molecule has 144 valence electrons. The lowest BCUT2D eigenvalue weighted by molar-refractivity contribution is -0.166. The number of hydrogen-bond donors (Lipinski definition) is 2. The molecule has 0 saturated carbocycles. The smallest absolute Gasteiger partial charge is 0.454 e. The molecule has 3 aromatic carbocycles. The molecule has 0 aliphatic carbocycles. The van der Waals surface area contributed by atoms with Crippen LogP contribution in [0.25, 0.3) is 10.8 Å². The predicted octanol–water partition coefficient (Wildman–Crippen LogP) is 4.89. The van der Waals surface area contributed by atoms with Crippen molar-refractivity contribution in [3.05, 3.63) is 89.6 Å². The number of alkyl halides is 3. The van der Waals surface area contributed by atoms with Gasteiger partial charge in [0.1, 0.15) is 5.75 Å². The van der Waals surface area contributed by atoms with E-state index in [1.165, 1.54) is 6.07 Å². The maximum Gasteiger partial charge on any atom is 0.454 e. The number of fused-ring (bicyclic) bond motifs is 1. The summed E-state index contributed by atoms with van der Waals surface area (Å²) in [4.78, 5) is 11.9. The fourth-order valence-corrected chi connectivity index (χ4v) is 2.97. The fraction of sp³-hybridized carbons (Fsp3) is 0.136. The Morgan fingerprint density at radius 3 is 2.36 bits per heavy atom. The maximum atomic E-state index is 13.1.